The van der Waals surface area contributed by atoms with Gasteiger partial charge in [0.05, 0.1) is 23.6 Å². The van der Waals surface area contributed by atoms with Crippen LogP contribution in [0, 0.1) is 0 Å². The first-order chi connectivity index (χ1) is 12.7. The van der Waals surface area contributed by atoms with Crippen LogP contribution in [0.3, 0.4) is 0 Å². The largest absolute Gasteiger partial charge is 0.378 e. The number of hydrogen-bond donors (Lipinski definition) is 1. The molecule has 3 rings (SSSR count). The molecule has 3 aromatic rings. The van der Waals surface area contributed by atoms with Gasteiger partial charge in [0.15, 0.2) is 5.65 Å². The first-order valence-electron chi connectivity index (χ1n) is 8.94. The number of hydrogen-bond acceptors (Lipinski definition) is 4. The number of amides is 1. The van der Waals surface area contributed by atoms with E-state index in [-0.39, 0.29) is 12.5 Å². The van der Waals surface area contributed by atoms with Crippen LogP contribution in [0.5, 0.6) is 0 Å². The Bertz CT molecular complexity index is 874. The molecular weight excluding hydrogens is 328 g/mol. The van der Waals surface area contributed by atoms with Crippen molar-refractivity contribution in [2.24, 2.45) is 0 Å². The van der Waals surface area contributed by atoms with E-state index in [4.69, 9.17) is 4.74 Å². The molecule has 26 heavy (non-hydrogen) atoms. The van der Waals surface area contributed by atoms with Crippen molar-refractivity contribution in [1.82, 2.24) is 19.9 Å². The highest BCUT2D eigenvalue weighted by Gasteiger charge is 2.17. The van der Waals surface area contributed by atoms with Gasteiger partial charge in [-0.25, -0.2) is 9.50 Å². The predicted octanol–water partition coefficient (Wildman–Crippen LogP) is 3.46. The third kappa shape index (κ3) is 3.91. The maximum absolute atomic E-state index is 12.6. The number of rotatable bonds is 8. The molecule has 2 heterocycles. The second-order valence-corrected chi connectivity index (χ2v) is 6.18. The van der Waals surface area contributed by atoms with E-state index in [2.05, 4.69) is 22.3 Å². The molecule has 0 saturated carbocycles. The average molecular weight is 352 g/mol. The Morgan fingerprint density at radius 2 is 2.04 bits per heavy atom. The maximum Gasteiger partial charge on any atom is 0.254 e. The van der Waals surface area contributed by atoms with E-state index >= 15 is 0 Å². The summed E-state index contributed by atoms with van der Waals surface area (Å²) >= 11 is 0. The zero-order chi connectivity index (χ0) is 18.4. The fourth-order valence-corrected chi connectivity index (χ4v) is 2.87. The minimum Gasteiger partial charge on any atom is -0.378 e. The third-order valence-electron chi connectivity index (χ3n) is 4.24. The second-order valence-electron chi connectivity index (χ2n) is 6.18. The van der Waals surface area contributed by atoms with E-state index in [0.29, 0.717) is 23.4 Å². The van der Waals surface area contributed by atoms with Crippen LogP contribution in [0.2, 0.25) is 0 Å². The average Bonchev–Trinajstić information content (AvgIpc) is 3.11. The number of nitrogens with one attached hydrogen (secondary N) is 1. The highest BCUT2D eigenvalue weighted by Crippen LogP contribution is 2.21. The van der Waals surface area contributed by atoms with Crippen LogP contribution in [0.1, 0.15) is 42.2 Å². The Balaban J connectivity index is 1.94. The molecule has 6 nitrogen and oxygen atoms in total. The molecule has 1 amide bonds. The minimum atomic E-state index is -0.140. The quantitative estimate of drug-likeness (QED) is 0.630. The molecule has 0 radical (unpaired) electrons. The first-order valence-corrected chi connectivity index (χ1v) is 8.94. The summed E-state index contributed by atoms with van der Waals surface area (Å²) in [5, 5.41) is 7.61. The van der Waals surface area contributed by atoms with Gasteiger partial charge in [-0.2, -0.15) is 5.10 Å². The highest BCUT2D eigenvalue weighted by molar-refractivity contribution is 5.95. The van der Waals surface area contributed by atoms with E-state index < -0.39 is 0 Å². The summed E-state index contributed by atoms with van der Waals surface area (Å²) in [7, 11) is 1.61. The van der Waals surface area contributed by atoms with Crippen LogP contribution < -0.4 is 5.32 Å². The molecule has 1 N–H and O–H groups in total. The zero-order valence-corrected chi connectivity index (χ0v) is 15.2. The van der Waals surface area contributed by atoms with Crippen molar-refractivity contribution in [1.29, 1.82) is 0 Å². The Hall–Kier alpha value is -2.73. The number of aromatic nitrogens is 3. The summed E-state index contributed by atoms with van der Waals surface area (Å²) in [5.74, 6) is -0.140. The molecule has 0 saturated heterocycles. The van der Waals surface area contributed by atoms with Crippen molar-refractivity contribution < 1.29 is 9.53 Å². The maximum atomic E-state index is 12.6. The molecule has 136 valence electrons. The Morgan fingerprint density at radius 3 is 2.77 bits per heavy atom. The normalized spacial score (nSPS) is 11.0. The van der Waals surface area contributed by atoms with Gasteiger partial charge in [-0.1, -0.05) is 50.1 Å². The van der Waals surface area contributed by atoms with Crippen LogP contribution in [0.25, 0.3) is 16.9 Å². The van der Waals surface area contributed by atoms with Gasteiger partial charge < -0.3 is 10.1 Å². The molecule has 0 atom stereocenters. The highest BCUT2D eigenvalue weighted by atomic mass is 16.5. The summed E-state index contributed by atoms with van der Waals surface area (Å²) in [6.45, 7) is 3.08. The van der Waals surface area contributed by atoms with Gasteiger partial charge in [-0.05, 0) is 6.42 Å². The van der Waals surface area contributed by atoms with Crippen molar-refractivity contribution >= 4 is 11.6 Å². The fourth-order valence-electron chi connectivity index (χ4n) is 2.87. The lowest BCUT2D eigenvalue weighted by molar-refractivity contribution is 0.0946. The summed E-state index contributed by atoms with van der Waals surface area (Å²) in [5.41, 5.74) is 3.72. The van der Waals surface area contributed by atoms with Crippen LogP contribution in [0.4, 0.5) is 0 Å². The van der Waals surface area contributed by atoms with Gasteiger partial charge in [0.25, 0.3) is 5.91 Å². The van der Waals surface area contributed by atoms with Crippen molar-refractivity contribution in [3.8, 4) is 11.3 Å². The van der Waals surface area contributed by atoms with Crippen molar-refractivity contribution in [2.45, 2.75) is 32.8 Å². The smallest absolute Gasteiger partial charge is 0.254 e. The molecule has 0 aliphatic carbocycles. The SMILES string of the molecule is CCCCCNC(=O)c1cnc2cc(-c3ccccc3)nn2c1COC. The van der Waals surface area contributed by atoms with E-state index in [1.807, 2.05) is 36.4 Å². The molecule has 1 aromatic carbocycles. The number of carbonyl (C=O) groups is 1. The predicted molar refractivity (Wildman–Crippen MR) is 101 cm³/mol. The van der Waals surface area contributed by atoms with E-state index in [0.717, 1.165) is 30.5 Å². The molecule has 2 aromatic heterocycles. The zero-order valence-electron chi connectivity index (χ0n) is 15.2. The lowest BCUT2D eigenvalue weighted by Crippen LogP contribution is -2.27. The number of methoxy groups -OCH3 is 1. The Kier molecular flexibility index (Phi) is 5.96. The molecule has 0 aliphatic heterocycles. The first kappa shape index (κ1) is 18.1. The van der Waals surface area contributed by atoms with Crippen LogP contribution in [-0.4, -0.2) is 34.2 Å². The third-order valence-corrected chi connectivity index (χ3v) is 4.24. The van der Waals surface area contributed by atoms with E-state index in [1.54, 1.807) is 17.8 Å². The van der Waals surface area contributed by atoms with Gasteiger partial charge in [-0.3, -0.25) is 4.79 Å². The molecule has 0 bridgehead atoms. The number of carbonyl (C=O) groups excluding carboxylic acids is 1. The van der Waals surface area contributed by atoms with Gasteiger partial charge in [-0.15, -0.1) is 0 Å². The number of benzene rings is 1. The lowest BCUT2D eigenvalue weighted by atomic mass is 10.2. The standard InChI is InChI=1S/C20H24N4O2/c1-3-4-8-11-21-20(25)16-13-22-19-12-17(15-9-6-5-7-10-15)23-24(19)18(16)14-26-2/h5-7,9-10,12-13H,3-4,8,11,14H2,1-2H3,(H,21,25). The van der Waals surface area contributed by atoms with Crippen LogP contribution in [-0.2, 0) is 11.3 Å². The molecule has 0 unspecified atom stereocenters. The summed E-state index contributed by atoms with van der Waals surface area (Å²) < 4.78 is 7.02. The fraction of sp³-hybridized carbons (Fsp3) is 0.350. The summed E-state index contributed by atoms with van der Waals surface area (Å²) in [4.78, 5) is 17.0. The van der Waals surface area contributed by atoms with Crippen LogP contribution in [0.15, 0.2) is 42.6 Å². The molecule has 0 fully saturated rings. The van der Waals surface area contributed by atoms with Crippen molar-refractivity contribution in [2.75, 3.05) is 13.7 Å². The van der Waals surface area contributed by atoms with Gasteiger partial charge >= 0.3 is 0 Å². The van der Waals surface area contributed by atoms with E-state index in [1.165, 1.54) is 0 Å². The monoisotopic (exact) mass is 352 g/mol. The van der Waals surface area contributed by atoms with Gasteiger partial charge in [0.1, 0.15) is 0 Å². The van der Waals surface area contributed by atoms with Gasteiger partial charge in [0, 0.05) is 31.5 Å². The van der Waals surface area contributed by atoms with E-state index in [9.17, 15) is 4.79 Å². The summed E-state index contributed by atoms with van der Waals surface area (Å²) in [6.07, 6.45) is 4.79. The number of ether oxygens (including phenoxy) is 1. The minimum absolute atomic E-state index is 0.140. The van der Waals surface area contributed by atoms with Gasteiger partial charge in [0.2, 0.25) is 0 Å². The van der Waals surface area contributed by atoms with Crippen molar-refractivity contribution in [3.63, 3.8) is 0 Å². The van der Waals surface area contributed by atoms with Crippen molar-refractivity contribution in [3.05, 3.63) is 53.9 Å². The summed E-state index contributed by atoms with van der Waals surface area (Å²) in [6, 6.07) is 11.8. The van der Waals surface area contributed by atoms with Crippen LogP contribution >= 0.6 is 0 Å². The second kappa shape index (κ2) is 8.58. The molecule has 0 aliphatic rings. The molecular formula is C20H24N4O2. The number of nitrogens with zero attached hydrogens (tertiary/aromatic N) is 3. The Morgan fingerprint density at radius 1 is 1.23 bits per heavy atom. The Labute approximate surface area is 153 Å². The topological polar surface area (TPSA) is 68.5 Å². The molecule has 0 spiro atoms. The lowest BCUT2D eigenvalue weighted by Gasteiger charge is -2.11. The molecule has 6 heteroatoms. The number of unbranched alkanes of at least 4 members (excludes halogenated alkanes) is 2. The number of fused-ring (bicyclic) bond motifs is 1.